The Kier molecular flexibility index (Phi) is 55.4. The first-order valence-electron chi connectivity index (χ1n) is 28.8. The average Bonchev–Trinajstić information content (AvgIpc) is 3.34. The minimum atomic E-state index is -0.586. The molecule has 5 nitrogen and oxygen atoms in total. The molecule has 0 rings (SSSR count). The molecule has 0 aliphatic carbocycles. The van der Waals surface area contributed by atoms with Crippen molar-refractivity contribution in [3.05, 3.63) is 97.2 Å². The summed E-state index contributed by atoms with van der Waals surface area (Å²) in [5.74, 6) is -0.446. The van der Waals surface area contributed by atoms with Crippen molar-refractivity contribution in [2.24, 2.45) is 0 Å². The summed E-state index contributed by atoms with van der Waals surface area (Å²) < 4.78 is 17.4. The molecule has 0 aromatic rings. The molecule has 0 aliphatic rings. The molecule has 0 bridgehead atoms. The van der Waals surface area contributed by atoms with Crippen molar-refractivity contribution in [1.29, 1.82) is 0 Å². The quantitative estimate of drug-likeness (QED) is 0.0345. The van der Waals surface area contributed by atoms with Crippen molar-refractivity contribution in [3.63, 3.8) is 0 Å². The van der Waals surface area contributed by atoms with Crippen molar-refractivity contribution < 1.29 is 23.8 Å². The highest BCUT2D eigenvalue weighted by Crippen LogP contribution is 2.15. The van der Waals surface area contributed by atoms with Gasteiger partial charge in [-0.15, -0.1) is 0 Å². The zero-order valence-corrected chi connectivity index (χ0v) is 44.8. The number of esters is 2. The number of rotatable bonds is 52. The van der Waals surface area contributed by atoms with Crippen LogP contribution in [0.15, 0.2) is 97.2 Å². The standard InChI is InChI=1S/C63H108O5/c1-4-7-10-13-16-19-22-25-28-31-32-34-35-38-41-44-47-50-53-56-62(64)67-60-61(59-66-58-55-52-49-46-43-40-37-30-27-24-21-18-15-12-9-6-3)68-63(65)57-54-51-48-45-42-39-36-33-29-26-23-20-17-14-11-8-5-2/h9,12,17-18,20-21,25-30,40,43,49,52,61H,4-8,10-11,13-16,19,22-24,31-39,41-42,44-48,50-51,53-60H2,1-3H3/b12-9-,20-17-,21-18-,28-25-,29-26-,30-27-,43-40-,52-49-. The van der Waals surface area contributed by atoms with Crippen LogP contribution in [0.2, 0.25) is 0 Å². The number of unbranched alkanes of at least 4 members (excludes halogenated alkanes) is 25. The number of carbonyl (C=O) groups is 2. The van der Waals surface area contributed by atoms with Crippen molar-refractivity contribution in [2.45, 2.75) is 271 Å². The molecule has 0 saturated heterocycles. The third-order valence-corrected chi connectivity index (χ3v) is 12.1. The molecule has 0 aromatic heterocycles. The van der Waals surface area contributed by atoms with Crippen LogP contribution in [0, 0.1) is 0 Å². The summed E-state index contributed by atoms with van der Waals surface area (Å²) >= 11 is 0. The Morgan fingerprint density at radius 3 is 1.10 bits per heavy atom. The van der Waals surface area contributed by atoms with Gasteiger partial charge in [0.15, 0.2) is 6.10 Å². The molecular formula is C63H108O5. The summed E-state index contributed by atoms with van der Waals surface area (Å²) in [6.07, 6.45) is 78.7. The lowest BCUT2D eigenvalue weighted by Crippen LogP contribution is -2.30. The molecule has 0 N–H and O–H groups in total. The van der Waals surface area contributed by atoms with Gasteiger partial charge in [-0.05, 0) is 109 Å². The van der Waals surface area contributed by atoms with Gasteiger partial charge in [-0.25, -0.2) is 0 Å². The molecule has 0 amide bonds. The number of carbonyl (C=O) groups excluding carboxylic acids is 2. The van der Waals surface area contributed by atoms with Gasteiger partial charge in [0.25, 0.3) is 0 Å². The first kappa shape index (κ1) is 64.8. The molecule has 68 heavy (non-hydrogen) atoms. The van der Waals surface area contributed by atoms with E-state index in [0.29, 0.717) is 19.4 Å². The Morgan fingerprint density at radius 1 is 0.338 bits per heavy atom. The van der Waals surface area contributed by atoms with Crippen LogP contribution in [0.3, 0.4) is 0 Å². The zero-order valence-electron chi connectivity index (χ0n) is 44.8. The molecule has 1 unspecified atom stereocenters. The maximum atomic E-state index is 12.9. The maximum Gasteiger partial charge on any atom is 0.306 e. The van der Waals surface area contributed by atoms with E-state index < -0.39 is 6.10 Å². The van der Waals surface area contributed by atoms with E-state index in [2.05, 4.69) is 118 Å². The van der Waals surface area contributed by atoms with Gasteiger partial charge in [0.2, 0.25) is 0 Å². The predicted octanol–water partition coefficient (Wildman–Crippen LogP) is 19.8. The molecular weight excluding hydrogens is 837 g/mol. The first-order valence-corrected chi connectivity index (χ1v) is 28.8. The van der Waals surface area contributed by atoms with Gasteiger partial charge in [-0.3, -0.25) is 9.59 Å². The smallest absolute Gasteiger partial charge is 0.306 e. The highest BCUT2D eigenvalue weighted by molar-refractivity contribution is 5.70. The summed E-state index contributed by atoms with van der Waals surface area (Å²) in [4.78, 5) is 25.5. The zero-order chi connectivity index (χ0) is 49.2. The molecule has 0 heterocycles. The van der Waals surface area contributed by atoms with E-state index in [1.165, 1.54) is 141 Å². The summed E-state index contributed by atoms with van der Waals surface area (Å²) in [7, 11) is 0. The predicted molar refractivity (Wildman–Crippen MR) is 297 cm³/mol. The van der Waals surface area contributed by atoms with Crippen LogP contribution in [0.1, 0.15) is 265 Å². The topological polar surface area (TPSA) is 61.8 Å². The highest BCUT2D eigenvalue weighted by Gasteiger charge is 2.17. The number of ether oxygens (including phenoxy) is 3. The van der Waals surface area contributed by atoms with E-state index in [-0.39, 0.29) is 25.2 Å². The van der Waals surface area contributed by atoms with Crippen LogP contribution in [0.4, 0.5) is 0 Å². The summed E-state index contributed by atoms with van der Waals surface area (Å²) in [6.45, 7) is 7.48. The largest absolute Gasteiger partial charge is 0.462 e. The van der Waals surface area contributed by atoms with Crippen molar-refractivity contribution in [1.82, 2.24) is 0 Å². The van der Waals surface area contributed by atoms with Gasteiger partial charge in [0, 0.05) is 12.8 Å². The molecule has 0 radical (unpaired) electrons. The van der Waals surface area contributed by atoms with Crippen LogP contribution in [-0.4, -0.2) is 37.9 Å². The lowest BCUT2D eigenvalue weighted by atomic mass is 10.1. The van der Waals surface area contributed by atoms with Gasteiger partial charge in [-0.2, -0.15) is 0 Å². The fourth-order valence-electron chi connectivity index (χ4n) is 7.84. The Labute approximate surface area is 422 Å². The molecule has 5 heteroatoms. The molecule has 1 atom stereocenters. The van der Waals surface area contributed by atoms with Crippen LogP contribution >= 0.6 is 0 Å². The highest BCUT2D eigenvalue weighted by atomic mass is 16.6. The third kappa shape index (κ3) is 55.4. The molecule has 0 saturated carbocycles. The monoisotopic (exact) mass is 945 g/mol. The minimum absolute atomic E-state index is 0.0477. The maximum absolute atomic E-state index is 12.9. The van der Waals surface area contributed by atoms with E-state index in [9.17, 15) is 9.59 Å². The molecule has 0 aromatic carbocycles. The Hall–Kier alpha value is -3.18. The van der Waals surface area contributed by atoms with Gasteiger partial charge in [0.05, 0.1) is 13.2 Å². The Balaban J connectivity index is 4.38. The van der Waals surface area contributed by atoms with Crippen LogP contribution < -0.4 is 0 Å². The van der Waals surface area contributed by atoms with Crippen LogP contribution in [0.5, 0.6) is 0 Å². The fourth-order valence-corrected chi connectivity index (χ4v) is 7.84. The van der Waals surface area contributed by atoms with E-state index in [4.69, 9.17) is 14.2 Å². The van der Waals surface area contributed by atoms with E-state index >= 15 is 0 Å². The second-order valence-electron chi connectivity index (χ2n) is 18.8. The lowest BCUT2D eigenvalue weighted by Gasteiger charge is -2.18. The number of hydrogen-bond donors (Lipinski definition) is 0. The summed E-state index contributed by atoms with van der Waals surface area (Å²) in [5.41, 5.74) is 0. The first-order chi connectivity index (χ1) is 33.6. The third-order valence-electron chi connectivity index (χ3n) is 12.1. The molecule has 0 fully saturated rings. The lowest BCUT2D eigenvalue weighted by molar-refractivity contribution is -0.162. The van der Waals surface area contributed by atoms with Gasteiger partial charge >= 0.3 is 11.9 Å². The normalized spacial score (nSPS) is 12.9. The molecule has 390 valence electrons. The fraction of sp³-hybridized carbons (Fsp3) is 0.714. The van der Waals surface area contributed by atoms with E-state index in [1.807, 2.05) is 0 Å². The minimum Gasteiger partial charge on any atom is -0.462 e. The molecule has 0 aliphatic heterocycles. The van der Waals surface area contributed by atoms with Crippen molar-refractivity contribution in [2.75, 3.05) is 19.8 Å². The van der Waals surface area contributed by atoms with Crippen molar-refractivity contribution >= 4 is 11.9 Å². The van der Waals surface area contributed by atoms with Crippen molar-refractivity contribution in [3.8, 4) is 0 Å². The number of allylic oxidation sites excluding steroid dienone is 15. The number of hydrogen-bond acceptors (Lipinski definition) is 5. The Morgan fingerprint density at radius 2 is 0.662 bits per heavy atom. The van der Waals surface area contributed by atoms with E-state index in [1.54, 1.807) is 0 Å². The molecule has 0 spiro atoms. The van der Waals surface area contributed by atoms with Gasteiger partial charge < -0.3 is 14.2 Å². The van der Waals surface area contributed by atoms with Gasteiger partial charge in [0.1, 0.15) is 6.61 Å². The Bertz CT molecular complexity index is 1300. The second-order valence-corrected chi connectivity index (χ2v) is 18.8. The van der Waals surface area contributed by atoms with Gasteiger partial charge in [-0.1, -0.05) is 240 Å². The second kappa shape index (κ2) is 58.1. The van der Waals surface area contributed by atoms with E-state index in [0.717, 1.165) is 89.9 Å². The summed E-state index contributed by atoms with van der Waals surface area (Å²) in [6, 6.07) is 0. The van der Waals surface area contributed by atoms with Crippen LogP contribution in [0.25, 0.3) is 0 Å². The average molecular weight is 946 g/mol. The SMILES string of the molecule is CC/C=C\C/C=C\C/C=C\C/C=C\C/C=C\CCOCC(COC(=O)CCCCCCCCCCC/C=C\CCCCCCCC)OC(=O)CCCCCCCCC/C=C\C/C=C\CCCCC. The summed E-state index contributed by atoms with van der Waals surface area (Å²) in [5, 5.41) is 0. The van der Waals surface area contributed by atoms with Crippen LogP contribution in [-0.2, 0) is 23.8 Å².